The van der Waals surface area contributed by atoms with Crippen LogP contribution in [0.2, 0.25) is 0 Å². The molecule has 1 rings (SSSR count). The van der Waals surface area contributed by atoms with Crippen LogP contribution in [0.15, 0.2) is 0 Å². The molecule has 0 saturated heterocycles. The molecular weight excluding hydrogens is 259 g/mol. The number of rotatable bonds is 2. The third-order valence-corrected chi connectivity index (χ3v) is 10.1. The summed E-state index contributed by atoms with van der Waals surface area (Å²) in [6.45, 7) is 24.8. The molecule has 4 unspecified atom stereocenters. The molecule has 0 aliphatic heterocycles. The van der Waals surface area contributed by atoms with Crippen molar-refractivity contribution in [2.75, 3.05) is 6.16 Å². The van der Waals surface area contributed by atoms with Gasteiger partial charge in [0.1, 0.15) is 0 Å². The molecule has 0 bridgehead atoms. The Morgan fingerprint density at radius 2 is 1.35 bits per heavy atom. The molecule has 120 valence electrons. The summed E-state index contributed by atoms with van der Waals surface area (Å²) in [4.78, 5) is 0. The molecule has 1 aliphatic carbocycles. The minimum atomic E-state index is 0.0258. The van der Waals surface area contributed by atoms with Crippen molar-refractivity contribution < 1.29 is 0 Å². The Morgan fingerprint density at radius 3 is 1.75 bits per heavy atom. The highest BCUT2D eigenvalue weighted by Gasteiger charge is 2.45. The van der Waals surface area contributed by atoms with Crippen LogP contribution < -0.4 is 0 Å². The Kier molecular flexibility index (Phi) is 5.46. The summed E-state index contributed by atoms with van der Waals surface area (Å²) in [5, 5.41) is 0.922. The van der Waals surface area contributed by atoms with Crippen LogP contribution in [-0.2, 0) is 0 Å². The monoisotopic (exact) mass is 298 g/mol. The van der Waals surface area contributed by atoms with Crippen molar-refractivity contribution >= 4 is 7.92 Å². The summed E-state index contributed by atoms with van der Waals surface area (Å²) in [6.07, 6.45) is 4.31. The molecule has 0 spiro atoms. The van der Waals surface area contributed by atoms with Gasteiger partial charge in [0.25, 0.3) is 0 Å². The second kappa shape index (κ2) is 5.91. The van der Waals surface area contributed by atoms with E-state index in [1.165, 1.54) is 19.0 Å². The Hall–Kier alpha value is 0.430. The highest BCUT2D eigenvalue weighted by atomic mass is 31.1. The maximum Gasteiger partial charge on any atom is -0.0174 e. The van der Waals surface area contributed by atoms with Crippen molar-refractivity contribution in [1.29, 1.82) is 0 Å². The molecule has 0 nitrogen and oxygen atoms in total. The number of hydrogen-bond donors (Lipinski definition) is 0. The fourth-order valence-electron chi connectivity index (χ4n) is 4.27. The molecule has 1 aliphatic rings. The molecule has 1 fully saturated rings. The molecule has 0 aromatic carbocycles. The Labute approximate surface area is 130 Å². The van der Waals surface area contributed by atoms with E-state index >= 15 is 0 Å². The van der Waals surface area contributed by atoms with Gasteiger partial charge in [-0.25, -0.2) is 0 Å². The average Bonchev–Trinajstić information content (AvgIpc) is 2.20. The topological polar surface area (TPSA) is 0 Å². The molecule has 1 heteroatoms. The quantitative estimate of drug-likeness (QED) is 0.493. The molecule has 4 atom stereocenters. The lowest BCUT2D eigenvalue weighted by Crippen LogP contribution is -2.41. The van der Waals surface area contributed by atoms with E-state index in [1.54, 1.807) is 0 Å². The largest absolute Gasteiger partial charge is 0.0951 e. The Bertz CT molecular complexity index is 306. The van der Waals surface area contributed by atoms with E-state index in [2.05, 4.69) is 69.2 Å². The van der Waals surface area contributed by atoms with Crippen LogP contribution in [0.3, 0.4) is 0 Å². The zero-order chi connectivity index (χ0) is 15.9. The van der Waals surface area contributed by atoms with Gasteiger partial charge in [-0.15, -0.1) is 0 Å². The van der Waals surface area contributed by atoms with Crippen LogP contribution in [0.4, 0.5) is 0 Å². The smallest absolute Gasteiger partial charge is 0.0174 e. The van der Waals surface area contributed by atoms with Gasteiger partial charge in [-0.2, -0.15) is 0 Å². The fraction of sp³-hybridized carbons (Fsp3) is 1.00. The Morgan fingerprint density at radius 1 is 0.900 bits per heavy atom. The van der Waals surface area contributed by atoms with Gasteiger partial charge in [0.05, 0.1) is 0 Å². The summed E-state index contributed by atoms with van der Waals surface area (Å²) in [7, 11) is 0.0258. The van der Waals surface area contributed by atoms with Crippen LogP contribution in [-0.4, -0.2) is 16.5 Å². The third kappa shape index (κ3) is 4.22. The van der Waals surface area contributed by atoms with Gasteiger partial charge < -0.3 is 0 Å². The fourth-order valence-corrected chi connectivity index (χ4v) is 8.40. The molecule has 0 N–H and O–H groups in total. The predicted octanol–water partition coefficient (Wildman–Crippen LogP) is 6.77. The molecule has 0 heterocycles. The third-order valence-electron chi connectivity index (χ3n) is 5.81. The molecular formula is C19H39P. The van der Waals surface area contributed by atoms with Crippen LogP contribution in [0.25, 0.3) is 0 Å². The first-order valence-corrected chi connectivity index (χ1v) is 10.1. The summed E-state index contributed by atoms with van der Waals surface area (Å²) < 4.78 is 0. The van der Waals surface area contributed by atoms with E-state index in [1.807, 2.05) is 0 Å². The maximum absolute atomic E-state index is 2.59. The minimum absolute atomic E-state index is 0.0258. The zero-order valence-corrected chi connectivity index (χ0v) is 16.7. The van der Waals surface area contributed by atoms with Crippen LogP contribution in [0.5, 0.6) is 0 Å². The van der Waals surface area contributed by atoms with E-state index in [9.17, 15) is 0 Å². The van der Waals surface area contributed by atoms with E-state index in [-0.39, 0.29) is 7.92 Å². The molecule has 0 amide bonds. The van der Waals surface area contributed by atoms with Gasteiger partial charge in [0.15, 0.2) is 0 Å². The van der Waals surface area contributed by atoms with Gasteiger partial charge in [-0.1, -0.05) is 77.2 Å². The second-order valence-electron chi connectivity index (χ2n) is 9.88. The van der Waals surface area contributed by atoms with E-state index in [0.29, 0.717) is 15.7 Å². The molecule has 0 aromatic rings. The lowest BCUT2D eigenvalue weighted by atomic mass is 9.62. The van der Waals surface area contributed by atoms with Crippen LogP contribution in [0.1, 0.15) is 82.1 Å². The van der Waals surface area contributed by atoms with Crippen LogP contribution in [0, 0.1) is 23.2 Å². The summed E-state index contributed by atoms with van der Waals surface area (Å²) in [5.41, 5.74) is 0.554. The molecule has 0 radical (unpaired) electrons. The van der Waals surface area contributed by atoms with Crippen molar-refractivity contribution in [1.82, 2.24) is 0 Å². The molecule has 0 aromatic heterocycles. The van der Waals surface area contributed by atoms with Crippen molar-refractivity contribution in [3.63, 3.8) is 0 Å². The standard InChI is InChI=1S/C19H39P/c1-14-11-16(3)19(10,12-15(14)2)13-20(17(4,5)6)18(7,8)9/h14-16H,11-13H2,1-10H3. The maximum atomic E-state index is 2.59. The SMILES string of the molecule is CC1CC(C)C(C)(CP(C(C)(C)C)C(C)(C)C)CC1C. The van der Waals surface area contributed by atoms with Gasteiger partial charge in [0.2, 0.25) is 0 Å². The zero-order valence-electron chi connectivity index (χ0n) is 15.8. The van der Waals surface area contributed by atoms with Gasteiger partial charge >= 0.3 is 0 Å². The molecule has 20 heavy (non-hydrogen) atoms. The highest BCUT2D eigenvalue weighted by Crippen LogP contribution is 2.64. The highest BCUT2D eigenvalue weighted by molar-refractivity contribution is 7.60. The van der Waals surface area contributed by atoms with Crippen molar-refractivity contribution in [2.45, 2.75) is 92.4 Å². The van der Waals surface area contributed by atoms with E-state index < -0.39 is 0 Å². The Balaban J connectivity index is 2.98. The van der Waals surface area contributed by atoms with Gasteiger partial charge in [0, 0.05) is 0 Å². The summed E-state index contributed by atoms with van der Waals surface area (Å²) in [6, 6.07) is 0. The van der Waals surface area contributed by atoms with Crippen molar-refractivity contribution in [3.05, 3.63) is 0 Å². The first kappa shape index (κ1) is 18.5. The van der Waals surface area contributed by atoms with Gasteiger partial charge in [-0.05, 0) is 52.5 Å². The van der Waals surface area contributed by atoms with E-state index in [4.69, 9.17) is 0 Å². The predicted molar refractivity (Wildman–Crippen MR) is 96.1 cm³/mol. The second-order valence-corrected chi connectivity index (χ2v) is 13.7. The summed E-state index contributed by atoms with van der Waals surface area (Å²) in [5.74, 6) is 2.69. The molecule has 1 saturated carbocycles. The first-order chi connectivity index (χ1) is 8.77. The average molecular weight is 298 g/mol. The van der Waals surface area contributed by atoms with Crippen LogP contribution >= 0.6 is 7.92 Å². The lowest BCUT2D eigenvalue weighted by Gasteiger charge is -2.52. The summed E-state index contributed by atoms with van der Waals surface area (Å²) >= 11 is 0. The lowest BCUT2D eigenvalue weighted by molar-refractivity contribution is 0.0758. The van der Waals surface area contributed by atoms with Crippen molar-refractivity contribution in [3.8, 4) is 0 Å². The minimum Gasteiger partial charge on any atom is -0.0951 e. The number of hydrogen-bond acceptors (Lipinski definition) is 0. The van der Waals surface area contributed by atoms with E-state index in [0.717, 1.165) is 17.8 Å². The first-order valence-electron chi connectivity index (χ1n) is 8.55. The van der Waals surface area contributed by atoms with Crippen molar-refractivity contribution in [2.24, 2.45) is 23.2 Å². The van der Waals surface area contributed by atoms with Gasteiger partial charge in [-0.3, -0.25) is 0 Å². The normalized spacial score (nSPS) is 36.5.